The lowest BCUT2D eigenvalue weighted by Gasteiger charge is -2.09. The van der Waals surface area contributed by atoms with Crippen LogP contribution in [0.25, 0.3) is 0 Å². The zero-order valence-corrected chi connectivity index (χ0v) is 11.3. The van der Waals surface area contributed by atoms with Crippen LogP contribution in [0.1, 0.15) is 24.1 Å². The van der Waals surface area contributed by atoms with Crippen molar-refractivity contribution in [2.75, 3.05) is 0 Å². The van der Waals surface area contributed by atoms with Crippen molar-refractivity contribution in [2.45, 2.75) is 31.8 Å². The van der Waals surface area contributed by atoms with Gasteiger partial charge in [-0.3, -0.25) is 4.79 Å². The number of halogens is 1. The van der Waals surface area contributed by atoms with Gasteiger partial charge in [0.1, 0.15) is 0 Å². The molecule has 1 aliphatic rings. The Bertz CT molecular complexity index is 380. The molecule has 0 saturated heterocycles. The third-order valence-corrected chi connectivity index (χ3v) is 4.53. The molecule has 0 spiro atoms. The quantitative estimate of drug-likeness (QED) is 0.900. The minimum absolute atomic E-state index is 0.124. The van der Waals surface area contributed by atoms with Crippen LogP contribution in [0.3, 0.4) is 0 Å². The molecule has 2 atom stereocenters. The second-order valence-electron chi connectivity index (χ2n) is 4.19. The van der Waals surface area contributed by atoms with E-state index < -0.39 is 0 Å². The molecule has 1 fully saturated rings. The molecule has 1 aliphatic carbocycles. The van der Waals surface area contributed by atoms with Crippen molar-refractivity contribution in [1.82, 2.24) is 5.32 Å². The third-order valence-electron chi connectivity index (χ3n) is 2.91. The monoisotopic (exact) mass is 302 g/mol. The Balaban J connectivity index is 1.80. The van der Waals surface area contributed by atoms with Gasteiger partial charge in [0.2, 0.25) is 5.91 Å². The first-order valence-electron chi connectivity index (χ1n) is 5.42. The van der Waals surface area contributed by atoms with E-state index in [1.165, 1.54) is 4.88 Å². The zero-order valence-electron chi connectivity index (χ0n) is 8.91. The number of nitrogens with one attached hydrogen (secondary N) is 1. The number of rotatable bonds is 3. The third kappa shape index (κ3) is 3.06. The number of hydrogen-bond acceptors (Lipinski definition) is 3. The summed E-state index contributed by atoms with van der Waals surface area (Å²) in [5.41, 5.74) is 5.79. The zero-order chi connectivity index (χ0) is 11.5. The SMILES string of the molecule is NC1CCC(C(=O)NCc2ccc(Br)s2)C1. The van der Waals surface area contributed by atoms with Crippen LogP contribution in [0, 0.1) is 5.92 Å². The van der Waals surface area contributed by atoms with Crippen molar-refractivity contribution < 1.29 is 4.79 Å². The van der Waals surface area contributed by atoms with E-state index in [0.717, 1.165) is 23.0 Å². The maximum absolute atomic E-state index is 11.8. The summed E-state index contributed by atoms with van der Waals surface area (Å²) in [4.78, 5) is 13.0. The number of nitrogens with two attached hydrogens (primary N) is 1. The van der Waals surface area contributed by atoms with E-state index in [2.05, 4.69) is 21.2 Å². The van der Waals surface area contributed by atoms with E-state index in [1.807, 2.05) is 12.1 Å². The van der Waals surface area contributed by atoms with Crippen molar-refractivity contribution in [3.63, 3.8) is 0 Å². The molecule has 88 valence electrons. The van der Waals surface area contributed by atoms with Gasteiger partial charge in [0, 0.05) is 16.8 Å². The summed E-state index contributed by atoms with van der Waals surface area (Å²) in [5, 5.41) is 2.97. The van der Waals surface area contributed by atoms with Crippen molar-refractivity contribution in [2.24, 2.45) is 11.7 Å². The molecule has 2 rings (SSSR count). The Morgan fingerprint density at radius 1 is 1.56 bits per heavy atom. The normalized spacial score (nSPS) is 24.6. The van der Waals surface area contributed by atoms with Crippen LogP contribution in [0.5, 0.6) is 0 Å². The van der Waals surface area contributed by atoms with Gasteiger partial charge in [-0.15, -0.1) is 11.3 Å². The van der Waals surface area contributed by atoms with Crippen molar-refractivity contribution in [1.29, 1.82) is 0 Å². The van der Waals surface area contributed by atoms with Crippen LogP contribution >= 0.6 is 27.3 Å². The first-order valence-corrected chi connectivity index (χ1v) is 7.03. The number of hydrogen-bond donors (Lipinski definition) is 2. The molecule has 16 heavy (non-hydrogen) atoms. The molecule has 1 aromatic rings. The highest BCUT2D eigenvalue weighted by Crippen LogP contribution is 2.25. The molecule has 5 heteroatoms. The van der Waals surface area contributed by atoms with E-state index in [1.54, 1.807) is 11.3 Å². The molecular weight excluding hydrogens is 288 g/mol. The fourth-order valence-electron chi connectivity index (χ4n) is 2.02. The Kier molecular flexibility index (Phi) is 4.00. The summed E-state index contributed by atoms with van der Waals surface area (Å²) in [6, 6.07) is 4.24. The Hall–Kier alpha value is -0.390. The summed E-state index contributed by atoms with van der Waals surface area (Å²) in [6.07, 6.45) is 2.74. The second kappa shape index (κ2) is 5.29. The Morgan fingerprint density at radius 2 is 2.38 bits per heavy atom. The molecule has 3 N–H and O–H groups in total. The molecule has 1 aromatic heterocycles. The predicted octanol–water partition coefficient (Wildman–Crippen LogP) is 2.25. The molecule has 0 radical (unpaired) electrons. The maximum atomic E-state index is 11.8. The minimum atomic E-state index is 0.124. The summed E-state index contributed by atoms with van der Waals surface area (Å²) in [6.45, 7) is 0.626. The van der Waals surface area contributed by atoms with Gasteiger partial charge in [-0.1, -0.05) is 0 Å². The van der Waals surface area contributed by atoms with Gasteiger partial charge >= 0.3 is 0 Å². The minimum Gasteiger partial charge on any atom is -0.351 e. The number of thiophene rings is 1. The topological polar surface area (TPSA) is 55.1 Å². The lowest BCUT2D eigenvalue weighted by Crippen LogP contribution is -2.29. The van der Waals surface area contributed by atoms with E-state index in [4.69, 9.17) is 5.73 Å². The summed E-state index contributed by atoms with van der Waals surface area (Å²) in [7, 11) is 0. The smallest absolute Gasteiger partial charge is 0.223 e. The first-order chi connectivity index (χ1) is 7.65. The average molecular weight is 303 g/mol. The number of carbonyl (C=O) groups excluding carboxylic acids is 1. The lowest BCUT2D eigenvalue weighted by molar-refractivity contribution is -0.124. The maximum Gasteiger partial charge on any atom is 0.223 e. The van der Waals surface area contributed by atoms with Crippen molar-refractivity contribution in [3.05, 3.63) is 20.8 Å². The van der Waals surface area contributed by atoms with Gasteiger partial charge in [-0.2, -0.15) is 0 Å². The molecule has 1 amide bonds. The molecule has 1 heterocycles. The van der Waals surface area contributed by atoms with E-state index >= 15 is 0 Å². The number of amides is 1. The van der Waals surface area contributed by atoms with Crippen LogP contribution in [0.15, 0.2) is 15.9 Å². The number of carbonyl (C=O) groups is 1. The summed E-state index contributed by atoms with van der Waals surface area (Å²) < 4.78 is 1.10. The highest BCUT2D eigenvalue weighted by atomic mass is 79.9. The van der Waals surface area contributed by atoms with Gasteiger partial charge < -0.3 is 11.1 Å². The molecule has 2 unspecified atom stereocenters. The Morgan fingerprint density at radius 3 is 2.94 bits per heavy atom. The largest absolute Gasteiger partial charge is 0.351 e. The highest BCUT2D eigenvalue weighted by molar-refractivity contribution is 9.11. The van der Waals surface area contributed by atoms with Crippen LogP contribution in [-0.2, 0) is 11.3 Å². The molecule has 1 saturated carbocycles. The van der Waals surface area contributed by atoms with E-state index in [0.29, 0.717) is 6.54 Å². The molecule has 3 nitrogen and oxygen atoms in total. The van der Waals surface area contributed by atoms with Crippen molar-refractivity contribution in [3.8, 4) is 0 Å². The van der Waals surface area contributed by atoms with Crippen LogP contribution in [0.4, 0.5) is 0 Å². The molecule has 0 aliphatic heterocycles. The van der Waals surface area contributed by atoms with Crippen LogP contribution < -0.4 is 11.1 Å². The first kappa shape index (κ1) is 12.1. The van der Waals surface area contributed by atoms with E-state index in [-0.39, 0.29) is 17.9 Å². The predicted molar refractivity (Wildman–Crippen MR) is 69.2 cm³/mol. The van der Waals surface area contributed by atoms with E-state index in [9.17, 15) is 4.79 Å². The van der Waals surface area contributed by atoms with Gasteiger partial charge in [0.25, 0.3) is 0 Å². The highest BCUT2D eigenvalue weighted by Gasteiger charge is 2.27. The van der Waals surface area contributed by atoms with Gasteiger partial charge in [-0.05, 0) is 47.3 Å². The van der Waals surface area contributed by atoms with Crippen LogP contribution in [0.2, 0.25) is 0 Å². The van der Waals surface area contributed by atoms with Gasteiger partial charge in [-0.25, -0.2) is 0 Å². The van der Waals surface area contributed by atoms with Crippen LogP contribution in [-0.4, -0.2) is 11.9 Å². The second-order valence-corrected chi connectivity index (χ2v) is 6.74. The molecular formula is C11H15BrN2OS. The fraction of sp³-hybridized carbons (Fsp3) is 0.545. The fourth-order valence-corrected chi connectivity index (χ4v) is 3.44. The van der Waals surface area contributed by atoms with Gasteiger partial charge in [0.15, 0.2) is 0 Å². The summed E-state index contributed by atoms with van der Waals surface area (Å²) in [5.74, 6) is 0.274. The molecule has 0 aromatic carbocycles. The van der Waals surface area contributed by atoms with Crippen molar-refractivity contribution >= 4 is 33.2 Å². The lowest BCUT2D eigenvalue weighted by atomic mass is 10.1. The Labute approximate surface area is 108 Å². The molecule has 0 bridgehead atoms. The average Bonchev–Trinajstić information content (AvgIpc) is 2.84. The summed E-state index contributed by atoms with van der Waals surface area (Å²) >= 11 is 5.05. The standard InChI is InChI=1S/C11H15BrN2OS/c12-10-4-3-9(16-10)6-14-11(15)7-1-2-8(13)5-7/h3-4,7-8H,1-2,5-6,13H2,(H,14,15). The van der Waals surface area contributed by atoms with Gasteiger partial charge in [0.05, 0.1) is 10.3 Å².